The van der Waals surface area contributed by atoms with E-state index >= 15 is 0 Å². The van der Waals surface area contributed by atoms with Crippen LogP contribution < -0.4 is 0 Å². The van der Waals surface area contributed by atoms with Crippen molar-refractivity contribution in [2.45, 2.75) is 39.5 Å². The molecule has 0 saturated carbocycles. The average Bonchev–Trinajstić information content (AvgIpc) is 3.43. The third-order valence-corrected chi connectivity index (χ3v) is 16.8. The van der Waals surface area contributed by atoms with E-state index in [0.29, 0.717) is 0 Å². The molecule has 0 aliphatic heterocycles. The van der Waals surface area contributed by atoms with Gasteiger partial charge in [0.2, 0.25) is 0 Å². The second-order valence-electron chi connectivity index (χ2n) is 7.49. The molecule has 140 valence electrons. The molecule has 0 aromatic heterocycles. The van der Waals surface area contributed by atoms with Crippen molar-refractivity contribution < 1.29 is 21.0 Å². The van der Waals surface area contributed by atoms with Gasteiger partial charge in [-0.2, -0.15) is 0 Å². The van der Waals surface area contributed by atoms with Crippen LogP contribution in [0.3, 0.4) is 0 Å². The normalized spacial score (nSPS) is 15.6. The molecule has 0 saturated heterocycles. The maximum atomic E-state index is 2.60. The first-order valence-corrected chi connectivity index (χ1v) is 15.8. The minimum absolute atomic E-state index is 1.14. The summed E-state index contributed by atoms with van der Waals surface area (Å²) in [5, 5.41) is 0. The molecular formula is C27H28Hf. The van der Waals surface area contributed by atoms with E-state index in [1.807, 2.05) is 0 Å². The summed E-state index contributed by atoms with van der Waals surface area (Å²) in [4.78, 5) is 0. The molecule has 0 heterocycles. The molecule has 2 aliphatic carbocycles. The molecule has 0 amide bonds. The molecule has 0 N–H and O–H groups in total. The van der Waals surface area contributed by atoms with Gasteiger partial charge in [0.1, 0.15) is 0 Å². The Hall–Kier alpha value is -1.86. The molecule has 0 atom stereocenters. The number of hydrogen-bond acceptors (Lipinski definition) is 0. The van der Waals surface area contributed by atoms with Crippen molar-refractivity contribution in [3.05, 3.63) is 114 Å². The van der Waals surface area contributed by atoms with Gasteiger partial charge in [0.15, 0.2) is 0 Å². The molecule has 2 aromatic carbocycles. The third kappa shape index (κ3) is 3.96. The van der Waals surface area contributed by atoms with Crippen LogP contribution in [0.5, 0.6) is 0 Å². The second-order valence-corrected chi connectivity index (χ2v) is 16.6. The molecule has 2 aromatic rings. The fraction of sp³-hybridized carbons (Fsp3) is 0.222. The van der Waals surface area contributed by atoms with Crippen LogP contribution in [0.25, 0.3) is 0 Å². The van der Waals surface area contributed by atoms with Crippen molar-refractivity contribution in [2.24, 2.45) is 0 Å². The van der Waals surface area contributed by atoms with E-state index in [4.69, 9.17) is 0 Å². The van der Waals surface area contributed by atoms with Crippen LogP contribution in [0.4, 0.5) is 0 Å². The van der Waals surface area contributed by atoms with Crippen LogP contribution in [0.1, 0.15) is 50.7 Å². The molecule has 0 nitrogen and oxygen atoms in total. The number of benzene rings is 2. The van der Waals surface area contributed by atoms with E-state index in [1.165, 1.54) is 24.0 Å². The molecule has 1 heteroatoms. The van der Waals surface area contributed by atoms with E-state index < -0.39 is 21.0 Å². The first-order chi connectivity index (χ1) is 13.8. The Kier molecular flexibility index (Phi) is 6.32. The summed E-state index contributed by atoms with van der Waals surface area (Å²) in [5.74, 6) is 0. The van der Waals surface area contributed by atoms with Gasteiger partial charge in [-0.15, -0.1) is 0 Å². The van der Waals surface area contributed by atoms with Crippen molar-refractivity contribution in [1.82, 2.24) is 0 Å². The third-order valence-electron chi connectivity index (χ3n) is 5.80. The average molecular weight is 531 g/mol. The van der Waals surface area contributed by atoms with Crippen LogP contribution in [0.2, 0.25) is 0 Å². The molecule has 2 aliphatic rings. The van der Waals surface area contributed by atoms with Crippen LogP contribution in [0.15, 0.2) is 103 Å². The zero-order valence-corrected chi connectivity index (χ0v) is 20.5. The van der Waals surface area contributed by atoms with E-state index in [-0.39, 0.29) is 0 Å². The van der Waals surface area contributed by atoms with Gasteiger partial charge in [0, 0.05) is 0 Å². The van der Waals surface area contributed by atoms with Crippen molar-refractivity contribution in [3.63, 3.8) is 0 Å². The van der Waals surface area contributed by atoms with E-state index in [1.54, 1.807) is 21.1 Å². The van der Waals surface area contributed by atoms with Crippen molar-refractivity contribution >= 4 is 3.26 Å². The summed E-state index contributed by atoms with van der Waals surface area (Å²) in [7, 11) is 0. The fourth-order valence-corrected chi connectivity index (χ4v) is 16.1. The first-order valence-electron chi connectivity index (χ1n) is 10.4. The van der Waals surface area contributed by atoms with Gasteiger partial charge in [-0.05, 0) is 0 Å². The van der Waals surface area contributed by atoms with Gasteiger partial charge < -0.3 is 0 Å². The summed E-state index contributed by atoms with van der Waals surface area (Å²) in [5.41, 5.74) is 6.12. The van der Waals surface area contributed by atoms with Crippen molar-refractivity contribution in [2.75, 3.05) is 0 Å². The zero-order valence-electron chi connectivity index (χ0n) is 16.9. The van der Waals surface area contributed by atoms with Crippen LogP contribution >= 0.6 is 0 Å². The van der Waals surface area contributed by atoms with E-state index in [9.17, 15) is 0 Å². The summed E-state index contributed by atoms with van der Waals surface area (Å²) in [6, 6.07) is 22.3. The number of hydrogen-bond donors (Lipinski definition) is 0. The second kappa shape index (κ2) is 9.09. The molecule has 4 rings (SSSR count). The molecule has 0 fully saturated rings. The molecule has 28 heavy (non-hydrogen) atoms. The summed E-state index contributed by atoms with van der Waals surface area (Å²) >= 11 is -2.45. The SMILES string of the molecule is CCC1=C(CC)C[C]([Hf]([C]2=CC=CC2)=[C](c2ccccc2)c2ccccc2)=C1. The maximum absolute atomic E-state index is 2.60. The molecular weight excluding hydrogens is 503 g/mol. The fourth-order valence-electron chi connectivity index (χ4n) is 4.40. The Morgan fingerprint density at radius 3 is 1.93 bits per heavy atom. The Morgan fingerprint density at radius 1 is 0.821 bits per heavy atom. The van der Waals surface area contributed by atoms with E-state index in [0.717, 1.165) is 12.8 Å². The van der Waals surface area contributed by atoms with Gasteiger partial charge >= 0.3 is 178 Å². The Morgan fingerprint density at radius 2 is 1.46 bits per heavy atom. The van der Waals surface area contributed by atoms with Gasteiger partial charge in [0.05, 0.1) is 0 Å². The van der Waals surface area contributed by atoms with Crippen LogP contribution in [-0.4, -0.2) is 3.26 Å². The monoisotopic (exact) mass is 532 g/mol. The first kappa shape index (κ1) is 19.5. The Bertz CT molecular complexity index is 957. The Balaban J connectivity index is 1.95. The van der Waals surface area contributed by atoms with Gasteiger partial charge in [-0.25, -0.2) is 0 Å². The quantitative estimate of drug-likeness (QED) is 0.349. The van der Waals surface area contributed by atoms with Gasteiger partial charge in [0.25, 0.3) is 0 Å². The van der Waals surface area contributed by atoms with Gasteiger partial charge in [-0.3, -0.25) is 0 Å². The van der Waals surface area contributed by atoms with E-state index in [2.05, 4.69) is 98.8 Å². The summed E-state index contributed by atoms with van der Waals surface area (Å²) < 4.78 is 5.16. The zero-order chi connectivity index (χ0) is 19.3. The molecule has 0 bridgehead atoms. The van der Waals surface area contributed by atoms with Crippen LogP contribution in [-0.2, 0) is 21.0 Å². The molecule has 0 radical (unpaired) electrons. The predicted octanol–water partition coefficient (Wildman–Crippen LogP) is 7.12. The molecule has 0 spiro atoms. The minimum atomic E-state index is -2.45. The standard InChI is InChI=1S/C13H10.C9H13.C5H5.Hf/c1-3-7-12(8-4-1)11-13-9-5-2-6-10-13;1-3-8-6-5-7-9(8)4-2;1-2-4-5-3-1;/h1-10H;6H,3-4,7H2,1-2H3;1-3H,4H2;. The van der Waals surface area contributed by atoms with Crippen molar-refractivity contribution in [3.8, 4) is 0 Å². The summed E-state index contributed by atoms with van der Waals surface area (Å²) in [6.45, 7) is 4.63. The van der Waals surface area contributed by atoms with Crippen LogP contribution in [0, 0.1) is 0 Å². The van der Waals surface area contributed by atoms with Gasteiger partial charge in [-0.1, -0.05) is 0 Å². The summed E-state index contributed by atoms with van der Waals surface area (Å²) in [6.07, 6.45) is 14.4. The Labute approximate surface area is 177 Å². The predicted molar refractivity (Wildman–Crippen MR) is 118 cm³/mol. The topological polar surface area (TPSA) is 0 Å². The number of allylic oxidation sites excluding steroid dienone is 8. The molecule has 0 unspecified atom stereocenters. The number of rotatable bonds is 6. The van der Waals surface area contributed by atoms with Crippen molar-refractivity contribution in [1.29, 1.82) is 0 Å².